The second kappa shape index (κ2) is 7.19. The van der Waals surface area contributed by atoms with E-state index in [2.05, 4.69) is 6.92 Å². The predicted molar refractivity (Wildman–Crippen MR) is 64.2 cm³/mol. The van der Waals surface area contributed by atoms with E-state index >= 15 is 0 Å². The second-order valence-electron chi connectivity index (χ2n) is 3.77. The molecular weight excluding hydrogens is 212 g/mol. The van der Waals surface area contributed by atoms with Crippen LogP contribution in [0.4, 0.5) is 0 Å². The third-order valence-corrected chi connectivity index (χ3v) is 4.60. The van der Waals surface area contributed by atoms with Crippen LogP contribution in [0.15, 0.2) is 0 Å². The van der Waals surface area contributed by atoms with Crippen LogP contribution in [0.1, 0.15) is 40.0 Å². The zero-order chi connectivity index (χ0) is 11.9. The van der Waals surface area contributed by atoms with Crippen molar-refractivity contribution in [1.29, 1.82) is 0 Å². The van der Waals surface area contributed by atoms with Crippen molar-refractivity contribution in [3.05, 3.63) is 0 Å². The Kier molecular flexibility index (Phi) is 7.13. The van der Waals surface area contributed by atoms with Gasteiger partial charge in [-0.05, 0) is 6.42 Å². The first-order chi connectivity index (χ1) is 6.97. The van der Waals surface area contributed by atoms with Crippen LogP contribution < -0.4 is 5.73 Å². The number of nitrogens with zero attached hydrogens (tertiary/aromatic N) is 1. The smallest absolute Gasteiger partial charge is 0.215 e. The molecule has 0 saturated carbocycles. The number of sulfonamides is 1. The topological polar surface area (TPSA) is 63.4 Å². The molecule has 15 heavy (non-hydrogen) atoms. The van der Waals surface area contributed by atoms with Crippen LogP contribution in [0.25, 0.3) is 0 Å². The van der Waals surface area contributed by atoms with Gasteiger partial charge < -0.3 is 5.73 Å². The number of unbranched alkanes of at least 4 members (excludes halogenated alkanes) is 1. The van der Waals surface area contributed by atoms with Gasteiger partial charge in [0.05, 0.1) is 5.75 Å². The van der Waals surface area contributed by atoms with E-state index in [-0.39, 0.29) is 11.8 Å². The summed E-state index contributed by atoms with van der Waals surface area (Å²) in [6, 6.07) is -0.226. The zero-order valence-corrected chi connectivity index (χ0v) is 10.9. The van der Waals surface area contributed by atoms with Gasteiger partial charge in [-0.1, -0.05) is 33.6 Å². The van der Waals surface area contributed by atoms with Gasteiger partial charge in [-0.15, -0.1) is 0 Å². The molecule has 0 fully saturated rings. The lowest BCUT2D eigenvalue weighted by molar-refractivity contribution is 0.439. The summed E-state index contributed by atoms with van der Waals surface area (Å²) in [6.07, 6.45) is 2.84. The summed E-state index contributed by atoms with van der Waals surface area (Å²) in [5, 5.41) is 0. The molecule has 0 aliphatic rings. The summed E-state index contributed by atoms with van der Waals surface area (Å²) in [5.74, 6) is 0.0781. The zero-order valence-electron chi connectivity index (χ0n) is 10.1. The van der Waals surface area contributed by atoms with Crippen LogP contribution in [0.3, 0.4) is 0 Å². The molecule has 0 bridgehead atoms. The fourth-order valence-corrected chi connectivity index (χ4v) is 3.25. The molecule has 0 aromatic carbocycles. The maximum Gasteiger partial charge on any atom is 0.215 e. The van der Waals surface area contributed by atoms with Gasteiger partial charge in [-0.3, -0.25) is 0 Å². The molecule has 0 rings (SSSR count). The Labute approximate surface area is 93.9 Å². The molecule has 92 valence electrons. The van der Waals surface area contributed by atoms with Crippen LogP contribution in [0, 0.1) is 0 Å². The van der Waals surface area contributed by atoms with Gasteiger partial charge in [0, 0.05) is 19.1 Å². The van der Waals surface area contributed by atoms with E-state index in [1.165, 1.54) is 4.31 Å². The molecule has 5 heteroatoms. The Bertz CT molecular complexity index is 248. The Morgan fingerprint density at radius 1 is 1.20 bits per heavy atom. The minimum atomic E-state index is -3.14. The lowest BCUT2D eigenvalue weighted by Gasteiger charge is -2.20. The van der Waals surface area contributed by atoms with Crippen molar-refractivity contribution >= 4 is 10.0 Å². The summed E-state index contributed by atoms with van der Waals surface area (Å²) in [4.78, 5) is 0. The number of nitrogens with two attached hydrogens (primary N) is 1. The highest BCUT2D eigenvalue weighted by atomic mass is 32.2. The summed E-state index contributed by atoms with van der Waals surface area (Å²) >= 11 is 0. The molecule has 0 aliphatic heterocycles. The molecule has 0 spiro atoms. The van der Waals surface area contributed by atoms with E-state index in [4.69, 9.17) is 5.73 Å². The molecule has 0 heterocycles. The van der Waals surface area contributed by atoms with Gasteiger partial charge in [-0.2, -0.15) is 0 Å². The van der Waals surface area contributed by atoms with E-state index in [1.54, 1.807) is 0 Å². The highest BCUT2D eigenvalue weighted by Gasteiger charge is 2.21. The fourth-order valence-electron chi connectivity index (χ4n) is 1.54. The third-order valence-electron chi connectivity index (χ3n) is 2.45. The molecule has 0 aliphatic carbocycles. The van der Waals surface area contributed by atoms with Crippen LogP contribution in [-0.4, -0.2) is 37.6 Å². The normalized spacial score (nSPS) is 14.5. The van der Waals surface area contributed by atoms with Gasteiger partial charge in [0.1, 0.15) is 0 Å². The number of hydrogen-bond donors (Lipinski definition) is 1. The average Bonchev–Trinajstić information content (AvgIpc) is 2.15. The maximum atomic E-state index is 11.8. The Balaban J connectivity index is 4.24. The number of hydrogen-bond acceptors (Lipinski definition) is 3. The Hall–Kier alpha value is -0.130. The minimum Gasteiger partial charge on any atom is -0.327 e. The fraction of sp³-hybridized carbons (Fsp3) is 1.00. The summed E-state index contributed by atoms with van der Waals surface area (Å²) < 4.78 is 25.1. The lowest BCUT2D eigenvalue weighted by atomic mass is 10.2. The van der Waals surface area contributed by atoms with Crippen LogP contribution >= 0.6 is 0 Å². The van der Waals surface area contributed by atoms with Crippen molar-refractivity contribution < 1.29 is 8.42 Å². The highest BCUT2D eigenvalue weighted by Crippen LogP contribution is 2.06. The van der Waals surface area contributed by atoms with Gasteiger partial charge in [0.25, 0.3) is 0 Å². The Morgan fingerprint density at radius 3 is 2.13 bits per heavy atom. The van der Waals surface area contributed by atoms with E-state index in [1.807, 2.05) is 13.8 Å². The first-order valence-electron chi connectivity index (χ1n) is 5.71. The van der Waals surface area contributed by atoms with Gasteiger partial charge in [0.2, 0.25) is 10.0 Å². The van der Waals surface area contributed by atoms with Crippen molar-refractivity contribution in [1.82, 2.24) is 4.31 Å². The highest BCUT2D eigenvalue weighted by molar-refractivity contribution is 7.89. The molecule has 1 atom stereocenters. The molecule has 0 amide bonds. The van der Waals surface area contributed by atoms with Crippen molar-refractivity contribution in [3.63, 3.8) is 0 Å². The third kappa shape index (κ3) is 5.49. The molecule has 0 radical (unpaired) electrons. The lowest BCUT2D eigenvalue weighted by Crippen LogP contribution is -2.39. The van der Waals surface area contributed by atoms with Crippen molar-refractivity contribution in [3.8, 4) is 0 Å². The average molecular weight is 236 g/mol. The van der Waals surface area contributed by atoms with Gasteiger partial charge >= 0.3 is 0 Å². The van der Waals surface area contributed by atoms with Crippen molar-refractivity contribution in [2.45, 2.75) is 46.1 Å². The quantitative estimate of drug-likeness (QED) is 0.688. The monoisotopic (exact) mass is 236 g/mol. The standard InChI is InChI=1S/C10H24N2O2S/c1-4-7-8-10(11)9-15(13,14)12(5-2)6-3/h10H,4-9,11H2,1-3H3. The van der Waals surface area contributed by atoms with Crippen LogP contribution in [-0.2, 0) is 10.0 Å². The molecule has 2 N–H and O–H groups in total. The summed E-state index contributed by atoms with van der Waals surface area (Å²) in [7, 11) is -3.14. The van der Waals surface area contributed by atoms with Gasteiger partial charge in [-0.25, -0.2) is 12.7 Å². The second-order valence-corrected chi connectivity index (χ2v) is 5.78. The molecular formula is C10H24N2O2S. The first kappa shape index (κ1) is 14.9. The predicted octanol–water partition coefficient (Wildman–Crippen LogP) is 1.18. The molecule has 4 nitrogen and oxygen atoms in total. The molecule has 0 saturated heterocycles. The van der Waals surface area contributed by atoms with Gasteiger partial charge in [0.15, 0.2) is 0 Å². The van der Waals surface area contributed by atoms with E-state index in [9.17, 15) is 8.42 Å². The van der Waals surface area contributed by atoms with Crippen LogP contribution in [0.2, 0.25) is 0 Å². The van der Waals surface area contributed by atoms with E-state index < -0.39 is 10.0 Å². The van der Waals surface area contributed by atoms with E-state index in [0.29, 0.717) is 13.1 Å². The maximum absolute atomic E-state index is 11.8. The van der Waals surface area contributed by atoms with Crippen LogP contribution in [0.5, 0.6) is 0 Å². The molecule has 0 aromatic rings. The first-order valence-corrected chi connectivity index (χ1v) is 7.32. The van der Waals surface area contributed by atoms with Crippen molar-refractivity contribution in [2.24, 2.45) is 5.73 Å². The summed E-state index contributed by atoms with van der Waals surface area (Å²) in [6.45, 7) is 6.82. The minimum absolute atomic E-state index is 0.0781. The van der Waals surface area contributed by atoms with E-state index in [0.717, 1.165) is 19.3 Å². The molecule has 1 unspecified atom stereocenters. The van der Waals surface area contributed by atoms with Crippen molar-refractivity contribution in [2.75, 3.05) is 18.8 Å². The largest absolute Gasteiger partial charge is 0.327 e. The number of rotatable bonds is 8. The molecule has 0 aromatic heterocycles. The Morgan fingerprint density at radius 2 is 1.73 bits per heavy atom. The summed E-state index contributed by atoms with van der Waals surface area (Å²) in [5.41, 5.74) is 5.79. The SMILES string of the molecule is CCCCC(N)CS(=O)(=O)N(CC)CC.